The summed E-state index contributed by atoms with van der Waals surface area (Å²) in [6, 6.07) is 0. The molecule has 7 nitrogen and oxygen atoms in total. The molecule has 0 spiro atoms. The van der Waals surface area contributed by atoms with Gasteiger partial charge in [-0.2, -0.15) is 0 Å². The fourth-order valence-electron chi connectivity index (χ4n) is 2.33. The third-order valence-electron chi connectivity index (χ3n) is 3.65. The molecule has 2 heterocycles. The summed E-state index contributed by atoms with van der Waals surface area (Å²) in [5.74, 6) is -1.46. The second-order valence-electron chi connectivity index (χ2n) is 4.54. The molecular weight excluding hydrogens is 272 g/mol. The molecule has 1 amide bonds. The lowest BCUT2D eigenvalue weighted by Crippen LogP contribution is -2.65. The van der Waals surface area contributed by atoms with Gasteiger partial charge < -0.3 is 9.47 Å². The summed E-state index contributed by atoms with van der Waals surface area (Å²) < 4.78 is 9.49. The van der Waals surface area contributed by atoms with E-state index in [1.807, 2.05) is 0 Å². The molecule has 2 aliphatic heterocycles. The first-order valence-corrected chi connectivity index (χ1v) is 6.54. The lowest BCUT2D eigenvalue weighted by Gasteiger charge is -2.38. The number of hydrogen-bond donors (Lipinski definition) is 0. The van der Waals surface area contributed by atoms with Gasteiger partial charge in [0.2, 0.25) is 5.91 Å². The van der Waals surface area contributed by atoms with Crippen molar-refractivity contribution >= 4 is 34.8 Å². The predicted molar refractivity (Wildman–Crippen MR) is 67.6 cm³/mol. The molecule has 0 aliphatic carbocycles. The number of esters is 2. The Kier molecular flexibility index (Phi) is 3.08. The number of amides is 1. The molecule has 0 aromatic heterocycles. The highest BCUT2D eigenvalue weighted by Crippen LogP contribution is 2.45. The maximum atomic E-state index is 12.2. The molecule has 0 unspecified atom stereocenters. The van der Waals surface area contributed by atoms with Crippen molar-refractivity contribution in [1.82, 2.24) is 4.90 Å². The lowest BCUT2D eigenvalue weighted by molar-refractivity contribution is -0.166. The Morgan fingerprint density at radius 1 is 1.26 bits per heavy atom. The quantitative estimate of drug-likeness (QED) is 0.653. The van der Waals surface area contributed by atoms with Gasteiger partial charge in [-0.3, -0.25) is 9.69 Å². The molecule has 104 valence electrons. The predicted octanol–water partition coefficient (Wildman–Crippen LogP) is -0.205. The Morgan fingerprint density at radius 3 is 2.37 bits per heavy atom. The molecule has 2 rings (SSSR count). The van der Waals surface area contributed by atoms with E-state index in [1.165, 1.54) is 44.7 Å². The number of nitrogens with zero attached hydrogens (tertiary/aromatic N) is 2. The largest absolute Gasteiger partial charge is 0.467 e. The second kappa shape index (κ2) is 4.22. The second-order valence-corrected chi connectivity index (χ2v) is 5.48. The Labute approximate surface area is 114 Å². The molecule has 1 fully saturated rings. The molecule has 8 heteroatoms. The van der Waals surface area contributed by atoms with E-state index in [4.69, 9.17) is 9.47 Å². The van der Waals surface area contributed by atoms with Crippen LogP contribution in [0, 0.1) is 0 Å². The maximum Gasteiger partial charge on any atom is 0.336 e. The number of hydrogen-bond acceptors (Lipinski definition) is 7. The first kappa shape index (κ1) is 13.9. The minimum atomic E-state index is -1.52. The molecule has 0 aromatic rings. The molecule has 2 aliphatic rings. The number of carbonyl (C=O) groups is 3. The zero-order valence-corrected chi connectivity index (χ0v) is 11.9. The van der Waals surface area contributed by atoms with Gasteiger partial charge in [0, 0.05) is 0 Å². The van der Waals surface area contributed by atoms with Crippen LogP contribution >= 0.6 is 11.8 Å². The number of aliphatic imine (C=N–C) groups is 1. The van der Waals surface area contributed by atoms with Crippen molar-refractivity contribution in [2.24, 2.45) is 4.99 Å². The Morgan fingerprint density at radius 2 is 1.84 bits per heavy atom. The maximum absolute atomic E-state index is 12.2. The van der Waals surface area contributed by atoms with Gasteiger partial charge in [-0.1, -0.05) is 11.8 Å². The standard InChI is InChI=1S/C11H14N2O5S/c1-10(7(15)17-3)11(2,8(16)18-4)13-6(14)5-19-9(13)12-10/h5H2,1-4H3/t10-,11-/m0/s1. The summed E-state index contributed by atoms with van der Waals surface area (Å²) in [6.45, 7) is 2.94. The topological polar surface area (TPSA) is 85.3 Å². The molecular formula is C11H14N2O5S. The Bertz CT molecular complexity index is 505. The third-order valence-corrected chi connectivity index (χ3v) is 4.57. The SMILES string of the molecule is COC(=O)[C@]1(C)N=C2SCC(=O)N2[C@@]1(C)C(=O)OC. The zero-order valence-electron chi connectivity index (χ0n) is 11.1. The van der Waals surface area contributed by atoms with Gasteiger partial charge in [-0.15, -0.1) is 0 Å². The van der Waals surface area contributed by atoms with Crippen LogP contribution in [0.15, 0.2) is 4.99 Å². The van der Waals surface area contributed by atoms with E-state index in [9.17, 15) is 14.4 Å². The van der Waals surface area contributed by atoms with E-state index in [2.05, 4.69) is 4.99 Å². The fraction of sp³-hybridized carbons (Fsp3) is 0.636. The zero-order chi connectivity index (χ0) is 14.4. The van der Waals surface area contributed by atoms with E-state index in [-0.39, 0.29) is 11.7 Å². The lowest BCUT2D eigenvalue weighted by atomic mass is 9.79. The smallest absolute Gasteiger partial charge is 0.336 e. The minimum absolute atomic E-state index is 0.197. The molecule has 0 aromatic carbocycles. The van der Waals surface area contributed by atoms with Crippen molar-refractivity contribution in [3.63, 3.8) is 0 Å². The van der Waals surface area contributed by atoms with Crippen LogP contribution in [0.3, 0.4) is 0 Å². The number of thioether (sulfide) groups is 1. The highest BCUT2D eigenvalue weighted by Gasteiger charge is 2.68. The van der Waals surface area contributed by atoms with Crippen LogP contribution in [0.25, 0.3) is 0 Å². The number of rotatable bonds is 2. The minimum Gasteiger partial charge on any atom is -0.467 e. The van der Waals surface area contributed by atoms with Gasteiger partial charge in [-0.05, 0) is 13.8 Å². The number of amidine groups is 1. The van der Waals surface area contributed by atoms with Crippen LogP contribution in [0.5, 0.6) is 0 Å². The van der Waals surface area contributed by atoms with Crippen LogP contribution in [-0.2, 0) is 23.9 Å². The molecule has 0 saturated carbocycles. The molecule has 0 radical (unpaired) electrons. The Hall–Kier alpha value is -1.57. The highest BCUT2D eigenvalue weighted by molar-refractivity contribution is 8.15. The van der Waals surface area contributed by atoms with Gasteiger partial charge in [0.05, 0.1) is 20.0 Å². The highest BCUT2D eigenvalue weighted by atomic mass is 32.2. The van der Waals surface area contributed by atoms with E-state index in [0.717, 1.165) is 0 Å². The van der Waals surface area contributed by atoms with Crippen LogP contribution < -0.4 is 0 Å². The van der Waals surface area contributed by atoms with Gasteiger partial charge >= 0.3 is 11.9 Å². The summed E-state index contributed by atoms with van der Waals surface area (Å²) >= 11 is 1.19. The van der Waals surface area contributed by atoms with Gasteiger partial charge in [0.25, 0.3) is 0 Å². The van der Waals surface area contributed by atoms with Crippen LogP contribution in [-0.4, -0.2) is 59.0 Å². The van der Waals surface area contributed by atoms with E-state index in [0.29, 0.717) is 5.17 Å². The van der Waals surface area contributed by atoms with E-state index >= 15 is 0 Å². The van der Waals surface area contributed by atoms with Crippen LogP contribution in [0.2, 0.25) is 0 Å². The van der Waals surface area contributed by atoms with Crippen molar-refractivity contribution in [2.75, 3.05) is 20.0 Å². The van der Waals surface area contributed by atoms with Crippen molar-refractivity contribution in [3.8, 4) is 0 Å². The average Bonchev–Trinajstić information content (AvgIpc) is 2.86. The van der Waals surface area contributed by atoms with Crippen molar-refractivity contribution in [1.29, 1.82) is 0 Å². The molecule has 0 N–H and O–H groups in total. The molecule has 0 bridgehead atoms. The summed E-state index contributed by atoms with van der Waals surface area (Å²) in [4.78, 5) is 41.6. The number of carbonyl (C=O) groups excluding carboxylic acids is 3. The summed E-state index contributed by atoms with van der Waals surface area (Å²) in [7, 11) is 2.42. The summed E-state index contributed by atoms with van der Waals surface area (Å²) in [5, 5.41) is 0.353. The molecule has 19 heavy (non-hydrogen) atoms. The van der Waals surface area contributed by atoms with Crippen molar-refractivity contribution < 1.29 is 23.9 Å². The number of fused-ring (bicyclic) bond motifs is 1. The third kappa shape index (κ3) is 1.52. The summed E-state index contributed by atoms with van der Waals surface area (Å²) in [5.41, 5.74) is -3.03. The summed E-state index contributed by atoms with van der Waals surface area (Å²) in [6.07, 6.45) is 0. The average molecular weight is 286 g/mol. The van der Waals surface area contributed by atoms with E-state index in [1.54, 1.807) is 0 Å². The normalized spacial score (nSPS) is 32.9. The van der Waals surface area contributed by atoms with Gasteiger partial charge in [0.1, 0.15) is 0 Å². The fourth-order valence-corrected chi connectivity index (χ4v) is 3.38. The van der Waals surface area contributed by atoms with Gasteiger partial charge in [-0.25, -0.2) is 14.6 Å². The number of methoxy groups -OCH3 is 2. The van der Waals surface area contributed by atoms with E-state index < -0.39 is 23.0 Å². The Balaban J connectivity index is 2.61. The molecule has 2 atom stereocenters. The number of ether oxygens (including phenoxy) is 2. The monoisotopic (exact) mass is 286 g/mol. The van der Waals surface area contributed by atoms with Crippen LogP contribution in [0.1, 0.15) is 13.8 Å². The van der Waals surface area contributed by atoms with Crippen LogP contribution in [0.4, 0.5) is 0 Å². The molecule has 1 saturated heterocycles. The first-order chi connectivity index (χ1) is 8.82. The van der Waals surface area contributed by atoms with Crippen molar-refractivity contribution in [2.45, 2.75) is 24.9 Å². The van der Waals surface area contributed by atoms with Crippen molar-refractivity contribution in [3.05, 3.63) is 0 Å². The van der Waals surface area contributed by atoms with Gasteiger partial charge in [0.15, 0.2) is 16.2 Å². The first-order valence-electron chi connectivity index (χ1n) is 5.55.